The summed E-state index contributed by atoms with van der Waals surface area (Å²) in [4.78, 5) is 21.3. The van der Waals surface area contributed by atoms with Crippen LogP contribution in [-0.4, -0.2) is 18.9 Å². The first-order chi connectivity index (χ1) is 6.06. The van der Waals surface area contributed by atoms with Crippen molar-refractivity contribution in [3.63, 3.8) is 0 Å². The van der Waals surface area contributed by atoms with Crippen molar-refractivity contribution < 1.29 is 14.3 Å². The van der Waals surface area contributed by atoms with E-state index in [1.54, 1.807) is 6.92 Å². The molecule has 0 amide bonds. The molecular weight excluding hydrogens is 168 g/mol. The minimum atomic E-state index is -0.206. The highest BCUT2D eigenvalue weighted by atomic mass is 16.5. The fourth-order valence-electron chi connectivity index (χ4n) is 0.745. The van der Waals surface area contributed by atoms with E-state index in [0.717, 1.165) is 6.29 Å². The Labute approximate surface area is 79.5 Å². The number of rotatable bonds is 6. The molecule has 0 N–H and O–H groups in total. The summed E-state index contributed by atoms with van der Waals surface area (Å²) in [7, 11) is 0. The van der Waals surface area contributed by atoms with Crippen molar-refractivity contribution in [3.8, 4) is 0 Å². The van der Waals surface area contributed by atoms with E-state index in [1.807, 2.05) is 13.8 Å². The molecule has 0 aliphatic carbocycles. The molecule has 1 unspecified atom stereocenters. The van der Waals surface area contributed by atoms with Crippen molar-refractivity contribution in [1.82, 2.24) is 0 Å². The number of hydrogen-bond acceptors (Lipinski definition) is 3. The molecule has 0 fully saturated rings. The highest BCUT2D eigenvalue weighted by molar-refractivity contribution is 5.69. The van der Waals surface area contributed by atoms with Gasteiger partial charge in [-0.05, 0) is 12.3 Å². The van der Waals surface area contributed by atoms with Crippen molar-refractivity contribution >= 4 is 12.3 Å². The zero-order chi connectivity index (χ0) is 10.3. The lowest BCUT2D eigenvalue weighted by atomic mass is 10.1. The number of carbonyl (C=O) groups is 2. The molecule has 0 aliphatic heterocycles. The van der Waals surface area contributed by atoms with Crippen LogP contribution in [0.15, 0.2) is 0 Å². The van der Waals surface area contributed by atoms with Crippen LogP contribution in [0, 0.1) is 11.8 Å². The van der Waals surface area contributed by atoms with Gasteiger partial charge in [-0.25, -0.2) is 0 Å². The van der Waals surface area contributed by atoms with Gasteiger partial charge in [0.05, 0.1) is 6.61 Å². The molecule has 0 aliphatic rings. The Bertz CT molecular complexity index is 164. The number of ether oxygens (including phenoxy) is 1. The van der Waals surface area contributed by atoms with E-state index in [1.165, 1.54) is 0 Å². The van der Waals surface area contributed by atoms with Crippen LogP contribution in [0.4, 0.5) is 0 Å². The van der Waals surface area contributed by atoms with Gasteiger partial charge in [0.2, 0.25) is 0 Å². The van der Waals surface area contributed by atoms with Gasteiger partial charge in [-0.2, -0.15) is 0 Å². The van der Waals surface area contributed by atoms with Crippen molar-refractivity contribution in [2.45, 2.75) is 33.6 Å². The Morgan fingerprint density at radius 1 is 1.38 bits per heavy atom. The first kappa shape index (κ1) is 12.1. The van der Waals surface area contributed by atoms with Crippen LogP contribution in [0.1, 0.15) is 33.6 Å². The molecule has 0 radical (unpaired) electrons. The summed E-state index contributed by atoms with van der Waals surface area (Å²) in [5.74, 6) is 0.112. The molecule has 76 valence electrons. The maximum absolute atomic E-state index is 11.0. The molecule has 1 atom stereocenters. The van der Waals surface area contributed by atoms with E-state index in [9.17, 15) is 9.59 Å². The van der Waals surface area contributed by atoms with Crippen molar-refractivity contribution in [1.29, 1.82) is 0 Å². The van der Waals surface area contributed by atoms with E-state index in [-0.39, 0.29) is 11.9 Å². The molecule has 0 aromatic carbocycles. The van der Waals surface area contributed by atoms with Crippen molar-refractivity contribution in [3.05, 3.63) is 0 Å². The maximum Gasteiger partial charge on any atom is 0.305 e. The lowest BCUT2D eigenvalue weighted by Crippen LogP contribution is -2.11. The predicted molar refractivity (Wildman–Crippen MR) is 50.3 cm³/mol. The Morgan fingerprint density at radius 2 is 2.00 bits per heavy atom. The van der Waals surface area contributed by atoms with Crippen molar-refractivity contribution in [2.24, 2.45) is 11.8 Å². The summed E-state index contributed by atoms with van der Waals surface area (Å²) >= 11 is 0. The molecule has 3 heteroatoms. The molecule has 0 aromatic heterocycles. The third-order valence-electron chi connectivity index (χ3n) is 1.61. The summed E-state index contributed by atoms with van der Waals surface area (Å²) in [5, 5.41) is 0. The van der Waals surface area contributed by atoms with E-state index in [2.05, 4.69) is 0 Å². The van der Waals surface area contributed by atoms with Crippen LogP contribution in [0.25, 0.3) is 0 Å². The Kier molecular flexibility index (Phi) is 6.20. The molecule has 0 heterocycles. The molecule has 0 saturated carbocycles. The molecule has 0 bridgehead atoms. The molecule has 0 aromatic rings. The number of esters is 1. The van der Waals surface area contributed by atoms with E-state index in [4.69, 9.17) is 4.74 Å². The van der Waals surface area contributed by atoms with Gasteiger partial charge >= 0.3 is 5.97 Å². The van der Waals surface area contributed by atoms with Gasteiger partial charge in [-0.15, -0.1) is 0 Å². The van der Waals surface area contributed by atoms with E-state index in [0.29, 0.717) is 25.4 Å². The van der Waals surface area contributed by atoms with E-state index < -0.39 is 0 Å². The van der Waals surface area contributed by atoms with Crippen molar-refractivity contribution in [2.75, 3.05) is 6.61 Å². The normalized spacial score (nSPS) is 12.6. The third kappa shape index (κ3) is 7.50. The molecule has 3 nitrogen and oxygen atoms in total. The predicted octanol–water partition coefficient (Wildman–Crippen LogP) is 1.80. The molecule has 0 saturated heterocycles. The summed E-state index contributed by atoms with van der Waals surface area (Å²) in [6, 6.07) is 0. The van der Waals surface area contributed by atoms with Crippen LogP contribution in [0.2, 0.25) is 0 Å². The Hall–Kier alpha value is -0.860. The largest absolute Gasteiger partial charge is 0.465 e. The summed E-state index contributed by atoms with van der Waals surface area (Å²) in [5.41, 5.74) is 0. The van der Waals surface area contributed by atoms with Crippen LogP contribution in [0.5, 0.6) is 0 Å². The smallest absolute Gasteiger partial charge is 0.305 e. The topological polar surface area (TPSA) is 43.4 Å². The van der Waals surface area contributed by atoms with Crippen LogP contribution in [0.3, 0.4) is 0 Å². The Balaban J connectivity index is 3.46. The molecule has 13 heavy (non-hydrogen) atoms. The second-order valence-corrected chi connectivity index (χ2v) is 3.73. The summed E-state index contributed by atoms with van der Waals surface area (Å²) in [6.07, 6.45) is 1.78. The van der Waals surface area contributed by atoms with Gasteiger partial charge in [0.15, 0.2) is 0 Å². The zero-order valence-electron chi connectivity index (χ0n) is 8.58. The standard InChI is InChI=1S/C10H18O3/c1-8(2)7-13-10(12)5-4-9(3)6-11/h6,8-9H,4-5,7H2,1-3H3. The van der Waals surface area contributed by atoms with Gasteiger partial charge in [-0.1, -0.05) is 20.8 Å². The lowest BCUT2D eigenvalue weighted by Gasteiger charge is -2.07. The summed E-state index contributed by atoms with van der Waals surface area (Å²) in [6.45, 7) is 6.24. The van der Waals surface area contributed by atoms with Crippen LogP contribution < -0.4 is 0 Å². The molecule has 0 spiro atoms. The molecule has 0 rings (SSSR count). The summed E-state index contributed by atoms with van der Waals surface area (Å²) < 4.78 is 4.94. The quantitative estimate of drug-likeness (QED) is 0.469. The monoisotopic (exact) mass is 186 g/mol. The van der Waals surface area contributed by atoms with Gasteiger partial charge < -0.3 is 9.53 Å². The number of aldehydes is 1. The second kappa shape index (κ2) is 6.63. The molecular formula is C10H18O3. The number of hydrogen-bond donors (Lipinski definition) is 0. The van der Waals surface area contributed by atoms with Gasteiger partial charge in [-0.3, -0.25) is 4.79 Å². The fraction of sp³-hybridized carbons (Fsp3) is 0.800. The number of carbonyl (C=O) groups excluding carboxylic acids is 2. The average Bonchev–Trinajstić information content (AvgIpc) is 2.10. The minimum Gasteiger partial charge on any atom is -0.465 e. The Morgan fingerprint density at radius 3 is 2.46 bits per heavy atom. The van der Waals surface area contributed by atoms with Crippen LogP contribution in [-0.2, 0) is 14.3 Å². The second-order valence-electron chi connectivity index (χ2n) is 3.73. The SMILES string of the molecule is CC(C)COC(=O)CCC(C)C=O. The van der Waals surface area contributed by atoms with Gasteiger partial charge in [0, 0.05) is 12.3 Å². The zero-order valence-corrected chi connectivity index (χ0v) is 8.58. The lowest BCUT2D eigenvalue weighted by molar-refractivity contribution is -0.145. The van der Waals surface area contributed by atoms with Crippen LogP contribution >= 0.6 is 0 Å². The first-order valence-corrected chi connectivity index (χ1v) is 4.67. The highest BCUT2D eigenvalue weighted by Crippen LogP contribution is 2.04. The van der Waals surface area contributed by atoms with E-state index >= 15 is 0 Å². The maximum atomic E-state index is 11.0. The average molecular weight is 186 g/mol. The fourth-order valence-corrected chi connectivity index (χ4v) is 0.745. The minimum absolute atomic E-state index is 0.0494. The van der Waals surface area contributed by atoms with Gasteiger partial charge in [0.1, 0.15) is 6.29 Å². The third-order valence-corrected chi connectivity index (χ3v) is 1.61. The highest BCUT2D eigenvalue weighted by Gasteiger charge is 2.07. The first-order valence-electron chi connectivity index (χ1n) is 4.67. The van der Waals surface area contributed by atoms with Gasteiger partial charge in [0.25, 0.3) is 0 Å².